The van der Waals surface area contributed by atoms with Crippen molar-refractivity contribution in [1.82, 2.24) is 105 Å². The van der Waals surface area contributed by atoms with Gasteiger partial charge < -0.3 is 141 Å². The number of phenolic OH excluding ortho intramolecular Hbond substituents is 1. The summed E-state index contributed by atoms with van der Waals surface area (Å²) in [6.45, 7) is -5.07. The van der Waals surface area contributed by atoms with Crippen LogP contribution in [0.15, 0.2) is 97.7 Å². The average Bonchev–Trinajstić information content (AvgIpc) is 1.66. The number of fused-ring (bicyclic) bond motifs is 2. The van der Waals surface area contributed by atoms with Crippen LogP contribution in [0.5, 0.6) is 5.75 Å². The van der Waals surface area contributed by atoms with Gasteiger partial charge in [-0.1, -0.05) is 48.5 Å². The van der Waals surface area contributed by atoms with Gasteiger partial charge >= 0.3 is 23.9 Å². The summed E-state index contributed by atoms with van der Waals surface area (Å²) in [5.41, 5.74) is 8.08. The van der Waals surface area contributed by atoms with E-state index in [0.717, 1.165) is 0 Å². The van der Waals surface area contributed by atoms with Crippen LogP contribution in [0, 0.1) is 0 Å². The number of benzene rings is 3. The van der Waals surface area contributed by atoms with Crippen molar-refractivity contribution >= 4 is 165 Å². The quantitative estimate of drug-likeness (QED) is 0.0158. The number of para-hydroxylation sites is 2. The second-order valence-corrected chi connectivity index (χ2v) is 28.9. The number of rotatable bonds is 53. The van der Waals surface area contributed by atoms with Crippen LogP contribution in [-0.4, -0.2) is 304 Å². The predicted molar refractivity (Wildman–Crippen MR) is 444 cm³/mol. The van der Waals surface area contributed by atoms with Crippen molar-refractivity contribution in [2.45, 2.75) is 137 Å². The highest BCUT2D eigenvalue weighted by atomic mass is 32.1. The van der Waals surface area contributed by atoms with Gasteiger partial charge in [-0.3, -0.25) is 91.1 Å². The van der Waals surface area contributed by atoms with Crippen LogP contribution in [-0.2, 0) is 122 Å². The topological polar surface area (TPSA) is 762 Å². The second-order valence-electron chi connectivity index (χ2n) is 28.2. The summed E-state index contributed by atoms with van der Waals surface area (Å²) in [7, 11) is 0. The maximum atomic E-state index is 15.3. The number of hydrogen-bond acceptors (Lipinski definition) is 27. The molecule has 680 valence electrons. The van der Waals surface area contributed by atoms with Crippen molar-refractivity contribution in [1.29, 1.82) is 0 Å². The fourth-order valence-electron chi connectivity index (χ4n) is 11.9. The van der Waals surface area contributed by atoms with E-state index < -0.39 is 293 Å². The predicted octanol–water partition coefficient (Wildman–Crippen LogP) is -9.26. The molecule has 126 heavy (non-hydrogen) atoms. The molecule has 0 unspecified atom stereocenters. The molecule has 16 amide bonds. The molecule has 0 bridgehead atoms. The molecule has 48 nitrogen and oxygen atoms in total. The number of aromatic amines is 3. The van der Waals surface area contributed by atoms with E-state index >= 15 is 9.59 Å². The number of carboxylic acid groups (broad SMARTS) is 4. The Morgan fingerprint density at radius 2 is 0.738 bits per heavy atom. The maximum Gasteiger partial charge on any atom is 0.328 e. The third-order valence-electron chi connectivity index (χ3n) is 18.5. The second kappa shape index (κ2) is 50.3. The number of phenols is 1. The molecule has 0 fully saturated rings. The van der Waals surface area contributed by atoms with E-state index in [2.05, 4.69) is 125 Å². The van der Waals surface area contributed by atoms with Crippen molar-refractivity contribution in [2.24, 2.45) is 5.73 Å². The number of aliphatic carboxylic acids is 4. The first-order valence-corrected chi connectivity index (χ1v) is 39.8. The van der Waals surface area contributed by atoms with Crippen LogP contribution in [0.25, 0.3) is 21.8 Å². The van der Waals surface area contributed by atoms with Gasteiger partial charge in [-0.25, -0.2) is 9.78 Å². The largest absolute Gasteiger partial charge is 0.508 e. The number of aliphatic hydroxyl groups excluding tert-OH is 2. The van der Waals surface area contributed by atoms with Crippen molar-refractivity contribution < 1.29 is 132 Å². The molecule has 0 aliphatic rings. The summed E-state index contributed by atoms with van der Waals surface area (Å²) in [5, 5.41) is 105. The highest BCUT2D eigenvalue weighted by molar-refractivity contribution is 7.80. The maximum absolute atomic E-state index is 15.3. The van der Waals surface area contributed by atoms with Crippen molar-refractivity contribution in [3.63, 3.8) is 0 Å². The van der Waals surface area contributed by atoms with E-state index in [4.69, 9.17) is 15.9 Å². The summed E-state index contributed by atoms with van der Waals surface area (Å²) in [4.78, 5) is 278. The zero-order chi connectivity index (χ0) is 92.9. The number of imidazole rings is 1. The van der Waals surface area contributed by atoms with E-state index in [9.17, 15) is 112 Å². The Labute approximate surface area is 725 Å². The van der Waals surface area contributed by atoms with Gasteiger partial charge in [0.1, 0.15) is 72.2 Å². The summed E-state index contributed by atoms with van der Waals surface area (Å²) in [6.07, 6.45) is 0.480. The number of aromatic hydroxyl groups is 1. The molecule has 0 aliphatic carbocycles. The molecule has 0 aliphatic heterocycles. The van der Waals surface area contributed by atoms with Gasteiger partial charge in [0.05, 0.1) is 64.7 Å². The van der Waals surface area contributed by atoms with Crippen LogP contribution < -0.4 is 90.8 Å². The van der Waals surface area contributed by atoms with E-state index in [0.29, 0.717) is 38.5 Å². The summed E-state index contributed by atoms with van der Waals surface area (Å²) in [5.74, 6) is -24.7. The lowest BCUT2D eigenvalue weighted by molar-refractivity contribution is -0.143. The minimum atomic E-state index is -2.08. The SMILES string of the molecule is C[C@H](N)C(=O)N[C@@H](CCC(=O)O)C(=O)NCC(=O)N[C@@H](Cc1ccc(O)cc1)C(=O)N[C@@H](CS)C(=O)N[C@@H](CC(=O)O)C(=O)N[C@@H](Cc1c[nH]c2ccccc12)C(=O)N[C@@H](Cc1c[nH]c2ccccc12)C(=O)N[C@@H](Cc1cnc[nH]1)C(=O)N[C@@H](CS)C(=O)NCC(=O)N[C@@H](CO)C(=O)N[C@@H](CCC(=O)O)C(=O)NCC(=O)NCC(=O)NCC(=O)N[C@@H](CO)C(=O)O. The Hall–Kier alpha value is -14.3. The third kappa shape index (κ3) is 33.2. The van der Waals surface area contributed by atoms with Gasteiger partial charge in [-0.2, -0.15) is 25.3 Å². The van der Waals surface area contributed by atoms with Crippen LogP contribution in [0.3, 0.4) is 0 Å². The van der Waals surface area contributed by atoms with Crippen LogP contribution in [0.1, 0.15) is 61.4 Å². The number of nitrogens with zero attached hydrogens (tertiary/aromatic N) is 1. The number of amides is 16. The Morgan fingerprint density at radius 1 is 0.381 bits per heavy atom. The van der Waals surface area contributed by atoms with Crippen molar-refractivity contribution in [3.8, 4) is 5.75 Å². The fourth-order valence-corrected chi connectivity index (χ4v) is 12.4. The van der Waals surface area contributed by atoms with Gasteiger partial charge in [0, 0.05) is 96.1 Å². The van der Waals surface area contributed by atoms with Gasteiger partial charge in [0.25, 0.3) is 0 Å². The average molecular weight is 1800 g/mol. The summed E-state index contributed by atoms with van der Waals surface area (Å²) in [6, 6.07) is -1.39. The number of H-pyrrole nitrogens is 3. The van der Waals surface area contributed by atoms with Crippen LogP contribution in [0.2, 0.25) is 0 Å². The molecule has 3 aromatic heterocycles. The van der Waals surface area contributed by atoms with Gasteiger partial charge in [0.15, 0.2) is 0 Å². The van der Waals surface area contributed by atoms with Crippen molar-refractivity contribution in [2.75, 3.05) is 57.4 Å². The highest BCUT2D eigenvalue weighted by Gasteiger charge is 2.38. The van der Waals surface area contributed by atoms with Crippen molar-refractivity contribution in [3.05, 3.63) is 120 Å². The molecule has 28 N–H and O–H groups in total. The Bertz CT molecular complexity index is 4910. The van der Waals surface area contributed by atoms with Crippen LogP contribution >= 0.6 is 25.3 Å². The lowest BCUT2D eigenvalue weighted by atomic mass is 10.0. The molecule has 0 spiro atoms. The molecule has 3 aromatic carbocycles. The minimum Gasteiger partial charge on any atom is -0.508 e. The molecule has 6 aromatic rings. The van der Waals surface area contributed by atoms with E-state index in [1.54, 1.807) is 48.5 Å². The number of hydrogen-bond donors (Lipinski definition) is 29. The molecule has 50 heteroatoms. The smallest absolute Gasteiger partial charge is 0.328 e. The standard InChI is InChI=1S/C76H97N21O27S2/c1-36(77)65(112)90-46(14-16-62(106)107)66(113)84-29-60(104)87-48(18-37-10-12-41(100)13-11-37)69(116)97-56(34-126)75(122)95-52(22-64(110)111)73(120)93-49(19-38-23-79-44-8-4-2-6-42(38)44)70(117)92-50(20-39-24-80-45-9-5-3-7-43(39)45)71(118)94-51(21-40-25-78-35-86-40)72(119)96-55(33-125)68(115)85-30-61(105)88-53(31-98)74(121)91-47(15-17-63(108)109)67(114)83-27-58(102)81-26-57(101)82-28-59(103)89-54(32-99)76(123)124/h2-13,23-25,35-36,46-56,79-80,98-100,125-126H,14-22,26-34,77H2,1H3,(H,78,86)(H,81,102)(H,82,101)(H,83,114)(H,84,113)(H,85,115)(H,87,104)(H,88,105)(H,89,103)(H,90,112)(H,91,121)(H,92,117)(H,93,120)(H,94,118)(H,95,122)(H,96,119)(H,97,116)(H,106,107)(H,108,109)(H,110,111)(H,123,124)/t36-,46-,47-,48-,49-,50-,51-,52-,53-,54-,55-,56-/m0/s1. The zero-order valence-electron chi connectivity index (χ0n) is 67.1. The Balaban J connectivity index is 1.18. The number of carbonyl (C=O) groups excluding carboxylic acids is 16. The third-order valence-corrected chi connectivity index (χ3v) is 19.3. The molecule has 0 saturated carbocycles. The highest BCUT2D eigenvalue weighted by Crippen LogP contribution is 2.23. The number of nitrogens with two attached hydrogens (primary N) is 1. The zero-order valence-corrected chi connectivity index (χ0v) is 68.9. The Morgan fingerprint density at radius 3 is 1.17 bits per heavy atom. The minimum absolute atomic E-state index is 0.180. The molecular formula is C76H97N21O27S2. The number of nitrogens with one attached hydrogen (secondary N) is 19. The molecule has 3 heterocycles. The molecular weight excluding hydrogens is 1700 g/mol. The lowest BCUT2D eigenvalue weighted by Gasteiger charge is -2.27. The number of carbonyl (C=O) groups is 20. The van der Waals surface area contributed by atoms with Gasteiger partial charge in [0.2, 0.25) is 94.5 Å². The first kappa shape index (κ1) is 101. The summed E-state index contributed by atoms with van der Waals surface area (Å²) >= 11 is 8.47. The van der Waals surface area contributed by atoms with E-state index in [1.807, 2.05) is 5.32 Å². The lowest BCUT2D eigenvalue weighted by Crippen LogP contribution is -2.61. The number of aliphatic hydroxyl groups is 2. The van der Waals surface area contributed by atoms with Crippen LogP contribution in [0.4, 0.5) is 0 Å². The van der Waals surface area contributed by atoms with Gasteiger partial charge in [-0.05, 0) is 60.7 Å². The molecule has 6 rings (SSSR count). The first-order chi connectivity index (χ1) is 59.9. The Kier molecular flexibility index (Phi) is 40.2. The van der Waals surface area contributed by atoms with E-state index in [1.165, 1.54) is 56.1 Å². The number of carboxylic acids is 4. The fraction of sp³-hybridized carbons (Fsp3) is 0.408. The van der Waals surface area contributed by atoms with Gasteiger partial charge in [-0.15, -0.1) is 0 Å². The normalized spacial score (nSPS) is 13.8. The number of aromatic nitrogens is 4. The summed E-state index contributed by atoms with van der Waals surface area (Å²) < 4.78 is 0. The number of thiol groups is 2. The molecule has 0 saturated heterocycles. The molecule has 12 atom stereocenters. The monoisotopic (exact) mass is 1800 g/mol. The first-order valence-electron chi connectivity index (χ1n) is 38.5. The molecule has 0 radical (unpaired) electrons. The van der Waals surface area contributed by atoms with E-state index in [-0.39, 0.29) is 24.3 Å².